The van der Waals surface area contributed by atoms with Crippen LogP contribution < -0.4 is 5.32 Å². The van der Waals surface area contributed by atoms with Crippen LogP contribution >= 0.6 is 27.3 Å². The van der Waals surface area contributed by atoms with E-state index in [0.29, 0.717) is 6.04 Å². The summed E-state index contributed by atoms with van der Waals surface area (Å²) in [4.78, 5) is 1.46. The molecule has 0 radical (unpaired) electrons. The van der Waals surface area contributed by atoms with E-state index in [1.165, 1.54) is 28.6 Å². The third-order valence-corrected chi connectivity index (χ3v) is 5.02. The van der Waals surface area contributed by atoms with Gasteiger partial charge in [-0.25, -0.2) is 0 Å². The molecule has 1 atom stereocenters. The van der Waals surface area contributed by atoms with Crippen LogP contribution in [-0.2, 0) is 0 Å². The minimum atomic E-state index is 0.518. The molecule has 1 N–H and O–H groups in total. The second-order valence-electron chi connectivity index (χ2n) is 4.14. The molecule has 3 heteroatoms. The number of nitrogens with one attached hydrogen (secondary N) is 1. The van der Waals surface area contributed by atoms with Crippen molar-refractivity contribution >= 4 is 27.3 Å². The smallest absolute Gasteiger partial charge is 0.0454 e. The highest BCUT2D eigenvalue weighted by molar-refractivity contribution is 9.10. The number of rotatable bonds is 7. The van der Waals surface area contributed by atoms with E-state index >= 15 is 0 Å². The zero-order chi connectivity index (χ0) is 12.0. The summed E-state index contributed by atoms with van der Waals surface area (Å²) in [5, 5.41) is 5.86. The first-order valence-electron chi connectivity index (χ1n) is 6.20. The molecule has 0 saturated carbocycles. The van der Waals surface area contributed by atoms with Crippen molar-refractivity contribution in [3.05, 3.63) is 20.8 Å². The third-order valence-electron chi connectivity index (χ3n) is 3.06. The summed E-state index contributed by atoms with van der Waals surface area (Å²) in [5.74, 6) is 0.737. The maximum Gasteiger partial charge on any atom is 0.0454 e. The van der Waals surface area contributed by atoms with E-state index in [9.17, 15) is 0 Å². The Morgan fingerprint density at radius 2 is 2.00 bits per heavy atom. The zero-order valence-electron chi connectivity index (χ0n) is 10.4. The van der Waals surface area contributed by atoms with E-state index in [1.54, 1.807) is 0 Å². The first-order chi connectivity index (χ1) is 7.74. The molecule has 1 nitrogen and oxygen atoms in total. The molecule has 0 bridgehead atoms. The van der Waals surface area contributed by atoms with Gasteiger partial charge in [0.2, 0.25) is 0 Å². The summed E-state index contributed by atoms with van der Waals surface area (Å²) >= 11 is 5.51. The Morgan fingerprint density at radius 3 is 2.44 bits per heavy atom. The Kier molecular flexibility index (Phi) is 6.62. The van der Waals surface area contributed by atoms with Crippen LogP contribution in [-0.4, -0.2) is 6.54 Å². The summed E-state index contributed by atoms with van der Waals surface area (Å²) in [7, 11) is 0. The molecule has 0 aliphatic carbocycles. The highest BCUT2D eigenvalue weighted by Crippen LogP contribution is 2.35. The van der Waals surface area contributed by atoms with Crippen LogP contribution in [0, 0.1) is 5.92 Å². The molecule has 0 aliphatic heterocycles. The molecule has 1 aromatic rings. The molecule has 1 unspecified atom stereocenters. The van der Waals surface area contributed by atoms with Gasteiger partial charge in [0, 0.05) is 15.4 Å². The van der Waals surface area contributed by atoms with Gasteiger partial charge < -0.3 is 5.32 Å². The monoisotopic (exact) mass is 303 g/mol. The van der Waals surface area contributed by atoms with Crippen molar-refractivity contribution in [2.75, 3.05) is 6.54 Å². The van der Waals surface area contributed by atoms with Gasteiger partial charge in [0.05, 0.1) is 0 Å². The van der Waals surface area contributed by atoms with Gasteiger partial charge in [-0.3, -0.25) is 0 Å². The van der Waals surface area contributed by atoms with Crippen LogP contribution in [0.15, 0.2) is 15.9 Å². The predicted molar refractivity (Wildman–Crippen MR) is 77.1 cm³/mol. The highest BCUT2D eigenvalue weighted by atomic mass is 79.9. The number of halogens is 1. The van der Waals surface area contributed by atoms with Crippen molar-refractivity contribution in [1.29, 1.82) is 0 Å². The van der Waals surface area contributed by atoms with E-state index in [-0.39, 0.29) is 0 Å². The number of thiophene rings is 1. The Balaban J connectivity index is 2.82. The second-order valence-corrected chi connectivity index (χ2v) is 5.94. The third kappa shape index (κ3) is 3.57. The van der Waals surface area contributed by atoms with Crippen LogP contribution in [0.5, 0.6) is 0 Å². The fourth-order valence-electron chi connectivity index (χ4n) is 2.06. The molecule has 16 heavy (non-hydrogen) atoms. The van der Waals surface area contributed by atoms with E-state index in [0.717, 1.165) is 12.5 Å². The van der Waals surface area contributed by atoms with Crippen LogP contribution in [0.2, 0.25) is 0 Å². The maximum absolute atomic E-state index is 3.70. The Labute approximate surface area is 112 Å². The lowest BCUT2D eigenvalue weighted by Crippen LogP contribution is -2.28. The maximum atomic E-state index is 3.70. The lowest BCUT2D eigenvalue weighted by atomic mass is 9.93. The molecule has 1 heterocycles. The summed E-state index contributed by atoms with van der Waals surface area (Å²) < 4.78 is 1.26. The standard InChI is InChI=1S/C13H22BrNS/c1-4-8-15-12(10(5-2)6-3)13-11(14)7-9-16-13/h7,9-10,12,15H,4-6,8H2,1-3H3. The average molecular weight is 304 g/mol. The van der Waals surface area contributed by atoms with E-state index < -0.39 is 0 Å². The Hall–Kier alpha value is 0.140. The lowest BCUT2D eigenvalue weighted by molar-refractivity contribution is 0.345. The van der Waals surface area contributed by atoms with Crippen LogP contribution in [0.4, 0.5) is 0 Å². The zero-order valence-corrected chi connectivity index (χ0v) is 12.8. The minimum Gasteiger partial charge on any atom is -0.309 e. The van der Waals surface area contributed by atoms with E-state index in [2.05, 4.69) is 53.5 Å². The molecule has 0 amide bonds. The van der Waals surface area contributed by atoms with Crippen molar-refractivity contribution < 1.29 is 0 Å². The fraction of sp³-hybridized carbons (Fsp3) is 0.692. The first kappa shape index (κ1) is 14.2. The van der Waals surface area contributed by atoms with Crippen molar-refractivity contribution in [3.63, 3.8) is 0 Å². The lowest BCUT2D eigenvalue weighted by Gasteiger charge is -2.26. The van der Waals surface area contributed by atoms with Gasteiger partial charge >= 0.3 is 0 Å². The van der Waals surface area contributed by atoms with Gasteiger partial charge in [-0.1, -0.05) is 33.6 Å². The summed E-state index contributed by atoms with van der Waals surface area (Å²) in [6.45, 7) is 7.90. The van der Waals surface area contributed by atoms with E-state index in [4.69, 9.17) is 0 Å². The van der Waals surface area contributed by atoms with E-state index in [1.807, 2.05) is 11.3 Å². The second kappa shape index (κ2) is 7.46. The predicted octanol–water partition coefficient (Wildman–Crippen LogP) is 4.99. The largest absolute Gasteiger partial charge is 0.309 e. The normalized spacial score (nSPS) is 13.3. The van der Waals surface area contributed by atoms with Crippen LogP contribution in [0.25, 0.3) is 0 Å². The first-order valence-corrected chi connectivity index (χ1v) is 7.88. The molecule has 0 spiro atoms. The number of hydrogen-bond donors (Lipinski definition) is 1. The molecular formula is C13H22BrNS. The molecule has 0 aliphatic rings. The molecule has 92 valence electrons. The van der Waals surface area contributed by atoms with Gasteiger partial charge in [-0.05, 0) is 46.3 Å². The fourth-order valence-corrected chi connectivity index (χ4v) is 3.85. The van der Waals surface area contributed by atoms with Crippen molar-refractivity contribution in [1.82, 2.24) is 5.32 Å². The minimum absolute atomic E-state index is 0.518. The highest BCUT2D eigenvalue weighted by Gasteiger charge is 2.22. The SMILES string of the molecule is CCCNC(c1sccc1Br)C(CC)CC. The molecular weight excluding hydrogens is 282 g/mol. The van der Waals surface area contributed by atoms with Crippen molar-refractivity contribution in [2.24, 2.45) is 5.92 Å². The molecule has 0 aromatic carbocycles. The van der Waals surface area contributed by atoms with Crippen LogP contribution in [0.3, 0.4) is 0 Å². The quantitative estimate of drug-likeness (QED) is 0.748. The molecule has 1 aromatic heterocycles. The summed E-state index contributed by atoms with van der Waals surface area (Å²) in [6, 6.07) is 2.67. The van der Waals surface area contributed by atoms with Gasteiger partial charge in [0.15, 0.2) is 0 Å². The Morgan fingerprint density at radius 1 is 1.31 bits per heavy atom. The van der Waals surface area contributed by atoms with Crippen molar-refractivity contribution in [2.45, 2.75) is 46.1 Å². The van der Waals surface area contributed by atoms with Crippen LogP contribution in [0.1, 0.15) is 51.0 Å². The van der Waals surface area contributed by atoms with Gasteiger partial charge in [0.1, 0.15) is 0 Å². The molecule has 0 fully saturated rings. The Bertz CT molecular complexity index is 294. The summed E-state index contributed by atoms with van der Waals surface area (Å²) in [6.07, 6.45) is 3.67. The van der Waals surface area contributed by atoms with Gasteiger partial charge in [-0.15, -0.1) is 11.3 Å². The molecule has 0 saturated heterocycles. The molecule has 1 rings (SSSR count). The number of hydrogen-bond acceptors (Lipinski definition) is 2. The van der Waals surface area contributed by atoms with Gasteiger partial charge in [-0.2, -0.15) is 0 Å². The average Bonchev–Trinajstić information content (AvgIpc) is 2.71. The van der Waals surface area contributed by atoms with Gasteiger partial charge in [0.25, 0.3) is 0 Å². The topological polar surface area (TPSA) is 12.0 Å². The summed E-state index contributed by atoms with van der Waals surface area (Å²) in [5.41, 5.74) is 0. The van der Waals surface area contributed by atoms with Crippen molar-refractivity contribution in [3.8, 4) is 0 Å².